The van der Waals surface area contributed by atoms with E-state index in [2.05, 4.69) is 4.74 Å². The zero-order valence-corrected chi connectivity index (χ0v) is 10.3. The highest BCUT2D eigenvalue weighted by Gasteiger charge is 2.33. The largest absolute Gasteiger partial charge is 0.493 e. The van der Waals surface area contributed by atoms with Gasteiger partial charge in [0.05, 0.1) is 26.6 Å². The molecular weight excluding hydrogens is 236 g/mol. The Bertz CT molecular complexity index is 480. The first-order valence-corrected chi connectivity index (χ1v) is 5.59. The lowest BCUT2D eigenvalue weighted by Crippen LogP contribution is -2.10. The van der Waals surface area contributed by atoms with Crippen LogP contribution in [0.2, 0.25) is 0 Å². The van der Waals surface area contributed by atoms with Gasteiger partial charge in [-0.3, -0.25) is 9.59 Å². The minimum absolute atomic E-state index is 0.146. The van der Waals surface area contributed by atoms with Gasteiger partial charge in [-0.1, -0.05) is 6.07 Å². The van der Waals surface area contributed by atoms with Crippen LogP contribution in [0.25, 0.3) is 0 Å². The van der Waals surface area contributed by atoms with Crippen molar-refractivity contribution in [3.63, 3.8) is 0 Å². The molecule has 5 heteroatoms. The maximum atomic E-state index is 11.4. The van der Waals surface area contributed by atoms with E-state index in [0.29, 0.717) is 17.9 Å². The molecule has 1 aliphatic heterocycles. The molecule has 1 unspecified atom stereocenters. The van der Waals surface area contributed by atoms with Crippen LogP contribution < -0.4 is 9.47 Å². The van der Waals surface area contributed by atoms with E-state index in [9.17, 15) is 9.59 Å². The zero-order valence-electron chi connectivity index (χ0n) is 10.3. The summed E-state index contributed by atoms with van der Waals surface area (Å²) >= 11 is 0. The van der Waals surface area contributed by atoms with Gasteiger partial charge in [0.1, 0.15) is 0 Å². The number of cyclic esters (lactones) is 2. The first kappa shape index (κ1) is 12.4. The first-order valence-electron chi connectivity index (χ1n) is 5.59. The number of carbonyl (C=O) groups is 2. The quantitative estimate of drug-likeness (QED) is 0.596. The van der Waals surface area contributed by atoms with Crippen molar-refractivity contribution >= 4 is 11.9 Å². The molecule has 5 nitrogen and oxygen atoms in total. The molecule has 18 heavy (non-hydrogen) atoms. The molecule has 2 rings (SSSR count). The molecule has 96 valence electrons. The number of hydrogen-bond acceptors (Lipinski definition) is 5. The van der Waals surface area contributed by atoms with Gasteiger partial charge >= 0.3 is 11.9 Å². The van der Waals surface area contributed by atoms with E-state index in [1.54, 1.807) is 26.4 Å². The highest BCUT2D eigenvalue weighted by atomic mass is 16.6. The van der Waals surface area contributed by atoms with Gasteiger partial charge in [-0.25, -0.2) is 0 Å². The molecule has 1 aromatic carbocycles. The Morgan fingerprint density at radius 2 is 1.94 bits per heavy atom. The minimum atomic E-state index is -0.453. The van der Waals surface area contributed by atoms with Crippen LogP contribution in [0.4, 0.5) is 0 Å². The normalized spacial score (nSPS) is 18.7. The monoisotopic (exact) mass is 250 g/mol. The van der Waals surface area contributed by atoms with E-state index < -0.39 is 17.9 Å². The molecule has 1 aromatic rings. The van der Waals surface area contributed by atoms with Crippen molar-refractivity contribution < 1.29 is 23.8 Å². The molecule has 1 saturated heterocycles. The summed E-state index contributed by atoms with van der Waals surface area (Å²) < 4.78 is 14.8. The fourth-order valence-corrected chi connectivity index (χ4v) is 1.97. The Morgan fingerprint density at radius 3 is 2.50 bits per heavy atom. The number of esters is 2. The topological polar surface area (TPSA) is 61.8 Å². The van der Waals surface area contributed by atoms with Crippen molar-refractivity contribution in [3.8, 4) is 11.5 Å². The van der Waals surface area contributed by atoms with Crippen LogP contribution in [-0.4, -0.2) is 26.2 Å². The van der Waals surface area contributed by atoms with Gasteiger partial charge < -0.3 is 14.2 Å². The molecule has 1 aliphatic rings. The van der Waals surface area contributed by atoms with Gasteiger partial charge in [-0.2, -0.15) is 0 Å². The average molecular weight is 250 g/mol. The van der Waals surface area contributed by atoms with Crippen molar-refractivity contribution in [1.29, 1.82) is 0 Å². The lowest BCUT2D eigenvalue weighted by Gasteiger charge is -2.10. The van der Waals surface area contributed by atoms with Crippen LogP contribution in [0.5, 0.6) is 11.5 Å². The summed E-state index contributed by atoms with van der Waals surface area (Å²) in [5, 5.41) is 0. The third kappa shape index (κ3) is 2.45. The van der Waals surface area contributed by atoms with E-state index in [-0.39, 0.29) is 6.42 Å². The van der Waals surface area contributed by atoms with Crippen molar-refractivity contribution in [1.82, 2.24) is 0 Å². The van der Waals surface area contributed by atoms with Crippen molar-refractivity contribution in [2.45, 2.75) is 12.8 Å². The fourth-order valence-electron chi connectivity index (χ4n) is 1.97. The van der Waals surface area contributed by atoms with Gasteiger partial charge in [0.2, 0.25) is 0 Å². The molecule has 1 atom stereocenters. The second-order valence-electron chi connectivity index (χ2n) is 4.09. The van der Waals surface area contributed by atoms with Crippen LogP contribution in [0.1, 0.15) is 12.0 Å². The summed E-state index contributed by atoms with van der Waals surface area (Å²) in [4.78, 5) is 22.4. The van der Waals surface area contributed by atoms with Gasteiger partial charge in [-0.05, 0) is 24.1 Å². The Morgan fingerprint density at radius 1 is 1.22 bits per heavy atom. The summed E-state index contributed by atoms with van der Waals surface area (Å²) in [5.74, 6) is -0.0603. The van der Waals surface area contributed by atoms with E-state index in [4.69, 9.17) is 9.47 Å². The van der Waals surface area contributed by atoms with Crippen LogP contribution >= 0.6 is 0 Å². The van der Waals surface area contributed by atoms with Crippen LogP contribution in [0.3, 0.4) is 0 Å². The molecular formula is C13H14O5. The number of hydrogen-bond donors (Lipinski definition) is 0. The second-order valence-corrected chi connectivity index (χ2v) is 4.09. The molecule has 0 N–H and O–H groups in total. The number of rotatable bonds is 4. The lowest BCUT2D eigenvalue weighted by molar-refractivity contribution is -0.153. The minimum Gasteiger partial charge on any atom is -0.493 e. The molecule has 0 bridgehead atoms. The molecule has 1 fully saturated rings. The van der Waals surface area contributed by atoms with Crippen LogP contribution in [-0.2, 0) is 20.7 Å². The Balaban J connectivity index is 2.14. The SMILES string of the molecule is COc1ccc(CC2CC(=O)OC2=O)cc1OC. The lowest BCUT2D eigenvalue weighted by atomic mass is 9.98. The Labute approximate surface area is 105 Å². The van der Waals surface area contributed by atoms with Gasteiger partial charge in [-0.15, -0.1) is 0 Å². The molecule has 0 saturated carbocycles. The summed E-state index contributed by atoms with van der Waals surface area (Å²) in [7, 11) is 3.11. The maximum absolute atomic E-state index is 11.4. The summed E-state index contributed by atoms with van der Waals surface area (Å²) in [5.41, 5.74) is 0.907. The van der Waals surface area contributed by atoms with Crippen LogP contribution in [0, 0.1) is 5.92 Å². The number of methoxy groups -OCH3 is 2. The number of carbonyl (C=O) groups excluding carboxylic acids is 2. The fraction of sp³-hybridized carbons (Fsp3) is 0.385. The van der Waals surface area contributed by atoms with Crippen molar-refractivity contribution in [3.05, 3.63) is 23.8 Å². The molecule has 0 amide bonds. The molecule has 0 aliphatic carbocycles. The average Bonchev–Trinajstić information content (AvgIpc) is 2.67. The third-order valence-electron chi connectivity index (χ3n) is 2.89. The maximum Gasteiger partial charge on any atom is 0.317 e. The highest BCUT2D eigenvalue weighted by Crippen LogP contribution is 2.29. The third-order valence-corrected chi connectivity index (χ3v) is 2.89. The molecule has 1 heterocycles. The molecule has 0 aromatic heterocycles. The van der Waals surface area contributed by atoms with Crippen molar-refractivity contribution in [2.24, 2.45) is 5.92 Å². The van der Waals surface area contributed by atoms with Gasteiger partial charge in [0, 0.05) is 0 Å². The summed E-state index contributed by atoms with van der Waals surface area (Å²) in [6.07, 6.45) is 0.609. The van der Waals surface area contributed by atoms with E-state index in [1.165, 1.54) is 0 Å². The standard InChI is InChI=1S/C13H14O5/c1-16-10-4-3-8(6-11(10)17-2)5-9-7-12(14)18-13(9)15/h3-4,6,9H,5,7H2,1-2H3. The first-order chi connectivity index (χ1) is 8.63. The smallest absolute Gasteiger partial charge is 0.317 e. The zero-order chi connectivity index (χ0) is 13.1. The molecule has 0 spiro atoms. The Hall–Kier alpha value is -2.04. The van der Waals surface area contributed by atoms with Gasteiger partial charge in [0.25, 0.3) is 0 Å². The van der Waals surface area contributed by atoms with E-state index in [1.807, 2.05) is 6.07 Å². The highest BCUT2D eigenvalue weighted by molar-refractivity contribution is 5.94. The Kier molecular flexibility index (Phi) is 3.50. The van der Waals surface area contributed by atoms with Crippen LogP contribution in [0.15, 0.2) is 18.2 Å². The predicted molar refractivity (Wildman–Crippen MR) is 62.5 cm³/mol. The summed E-state index contributed by atoms with van der Waals surface area (Å²) in [6.45, 7) is 0. The van der Waals surface area contributed by atoms with E-state index >= 15 is 0 Å². The molecule has 0 radical (unpaired) electrons. The number of benzene rings is 1. The van der Waals surface area contributed by atoms with E-state index in [0.717, 1.165) is 5.56 Å². The summed E-state index contributed by atoms with van der Waals surface area (Å²) in [6, 6.07) is 5.42. The predicted octanol–water partition coefficient (Wildman–Crippen LogP) is 1.34. The van der Waals surface area contributed by atoms with Crippen molar-refractivity contribution in [2.75, 3.05) is 14.2 Å². The van der Waals surface area contributed by atoms with Gasteiger partial charge in [0.15, 0.2) is 11.5 Å². The second kappa shape index (κ2) is 5.08. The number of ether oxygens (including phenoxy) is 3.